The minimum Gasteiger partial charge on any atom is -0.484 e. The number of hydrogen-bond donors (Lipinski definition) is 1. The number of halogens is 2. The molecule has 0 fully saturated rings. The quantitative estimate of drug-likeness (QED) is 0.247. The molecule has 30 heavy (non-hydrogen) atoms. The Hall–Kier alpha value is -2.84. The number of fused-ring (bicyclic) bond motifs is 1. The maximum atomic E-state index is 13.0. The predicted octanol–water partition coefficient (Wildman–Crippen LogP) is 5.94. The van der Waals surface area contributed by atoms with Gasteiger partial charge in [0.1, 0.15) is 11.3 Å². The van der Waals surface area contributed by atoms with E-state index >= 15 is 0 Å². The molecule has 1 aromatic heterocycles. The van der Waals surface area contributed by atoms with Crippen LogP contribution in [0.15, 0.2) is 77.2 Å². The van der Waals surface area contributed by atoms with Crippen molar-refractivity contribution in [3.05, 3.63) is 92.7 Å². The van der Waals surface area contributed by atoms with Crippen molar-refractivity contribution >= 4 is 62.5 Å². The van der Waals surface area contributed by atoms with Crippen molar-refractivity contribution in [1.29, 1.82) is 0 Å². The molecule has 0 saturated carbocycles. The molecule has 0 unspecified atom stereocenters. The fraction of sp³-hybridized carbons (Fsp3) is 0.0435. The minimum absolute atomic E-state index is 0.0566. The van der Waals surface area contributed by atoms with Gasteiger partial charge in [-0.15, -0.1) is 0 Å². The normalized spacial score (nSPS) is 10.7. The monoisotopic (exact) mass is 531 g/mol. The van der Waals surface area contributed by atoms with Crippen molar-refractivity contribution in [2.45, 2.75) is 0 Å². The molecule has 3 aromatic carbocycles. The van der Waals surface area contributed by atoms with Crippen molar-refractivity contribution in [3.8, 4) is 5.75 Å². The fourth-order valence-electron chi connectivity index (χ4n) is 2.92. The minimum atomic E-state index is -0.398. The highest BCUT2D eigenvalue weighted by Crippen LogP contribution is 2.32. The summed E-state index contributed by atoms with van der Waals surface area (Å²) in [7, 11) is 0. The van der Waals surface area contributed by atoms with E-state index in [1.807, 2.05) is 18.2 Å². The number of furan rings is 1. The van der Waals surface area contributed by atoms with Crippen LogP contribution in [-0.2, 0) is 4.79 Å². The molecule has 0 bridgehead atoms. The second kappa shape index (κ2) is 8.89. The summed E-state index contributed by atoms with van der Waals surface area (Å²) >= 11 is 8.11. The molecule has 1 heterocycles. The van der Waals surface area contributed by atoms with Crippen LogP contribution in [0.5, 0.6) is 5.75 Å². The molecule has 4 aromatic rings. The summed E-state index contributed by atoms with van der Waals surface area (Å²) in [6.45, 7) is -0.200. The number of carbonyl (C=O) groups is 2. The summed E-state index contributed by atoms with van der Waals surface area (Å²) < 4.78 is 12.4. The van der Waals surface area contributed by atoms with Gasteiger partial charge in [-0.1, -0.05) is 23.7 Å². The highest BCUT2D eigenvalue weighted by Gasteiger charge is 2.23. The third-order valence-corrected chi connectivity index (χ3v) is 5.33. The van der Waals surface area contributed by atoms with Gasteiger partial charge in [-0.3, -0.25) is 9.59 Å². The summed E-state index contributed by atoms with van der Waals surface area (Å²) in [6.07, 6.45) is 0. The van der Waals surface area contributed by atoms with Gasteiger partial charge >= 0.3 is 0 Å². The zero-order chi connectivity index (χ0) is 21.1. The first-order valence-corrected chi connectivity index (χ1v) is 10.5. The first-order chi connectivity index (χ1) is 14.5. The molecule has 4 rings (SSSR count). The third kappa shape index (κ3) is 4.49. The lowest BCUT2D eigenvalue weighted by Gasteiger charge is -2.08. The highest BCUT2D eigenvalue weighted by molar-refractivity contribution is 14.1. The summed E-state index contributed by atoms with van der Waals surface area (Å²) in [6, 6.07) is 21.0. The predicted molar refractivity (Wildman–Crippen MR) is 124 cm³/mol. The molecule has 0 atom stereocenters. The van der Waals surface area contributed by atoms with E-state index in [1.165, 1.54) is 0 Å². The van der Waals surface area contributed by atoms with Crippen LogP contribution in [0.1, 0.15) is 16.1 Å². The molecule has 150 valence electrons. The lowest BCUT2D eigenvalue weighted by atomic mass is 10.1. The Bertz CT molecular complexity index is 1220. The van der Waals surface area contributed by atoms with Crippen molar-refractivity contribution in [2.24, 2.45) is 0 Å². The number of carbonyl (C=O) groups excluding carboxylic acids is 2. The number of nitrogens with one attached hydrogen (secondary N) is 1. The van der Waals surface area contributed by atoms with E-state index in [4.69, 9.17) is 20.8 Å². The van der Waals surface area contributed by atoms with Gasteiger partial charge < -0.3 is 14.5 Å². The van der Waals surface area contributed by atoms with Crippen molar-refractivity contribution in [3.63, 3.8) is 0 Å². The number of amides is 1. The standard InChI is InChI=1S/C23H15ClINO4/c24-15-7-5-14(6-8-15)22(28)23-21(18-3-1-2-4-19(18)30-23)26-20(27)13-29-17-11-9-16(25)10-12-17/h1-12H,13H2,(H,26,27). The number of ketones is 1. The molecular formula is C23H15ClINO4. The van der Waals surface area contributed by atoms with E-state index in [-0.39, 0.29) is 18.2 Å². The second-order valence-electron chi connectivity index (χ2n) is 6.43. The lowest BCUT2D eigenvalue weighted by Crippen LogP contribution is -2.21. The van der Waals surface area contributed by atoms with E-state index in [1.54, 1.807) is 54.6 Å². The van der Waals surface area contributed by atoms with Crippen molar-refractivity contribution in [2.75, 3.05) is 11.9 Å². The van der Waals surface area contributed by atoms with Crippen LogP contribution >= 0.6 is 34.2 Å². The van der Waals surface area contributed by atoms with E-state index < -0.39 is 5.91 Å². The molecule has 0 aliphatic carbocycles. The van der Waals surface area contributed by atoms with Crippen LogP contribution in [0.2, 0.25) is 5.02 Å². The smallest absolute Gasteiger partial charge is 0.262 e. The van der Waals surface area contributed by atoms with E-state index in [0.717, 1.165) is 3.57 Å². The molecule has 0 spiro atoms. The molecule has 7 heteroatoms. The van der Waals surface area contributed by atoms with Crippen molar-refractivity contribution < 1.29 is 18.7 Å². The van der Waals surface area contributed by atoms with E-state index in [0.29, 0.717) is 33.0 Å². The van der Waals surface area contributed by atoms with E-state index in [2.05, 4.69) is 27.9 Å². The fourth-order valence-corrected chi connectivity index (χ4v) is 3.40. The first-order valence-electron chi connectivity index (χ1n) is 9.01. The molecule has 0 aliphatic rings. The third-order valence-electron chi connectivity index (χ3n) is 4.36. The molecular weight excluding hydrogens is 517 g/mol. The Morgan fingerprint density at radius 2 is 1.67 bits per heavy atom. The summed E-state index contributed by atoms with van der Waals surface area (Å²) in [5.41, 5.74) is 1.23. The van der Waals surface area contributed by atoms with Crippen molar-refractivity contribution in [1.82, 2.24) is 0 Å². The Kier molecular flexibility index (Phi) is 6.06. The van der Waals surface area contributed by atoms with Gasteiger partial charge in [-0.05, 0) is 83.3 Å². The number of hydrogen-bond acceptors (Lipinski definition) is 4. The lowest BCUT2D eigenvalue weighted by molar-refractivity contribution is -0.118. The topological polar surface area (TPSA) is 68.5 Å². The van der Waals surface area contributed by atoms with Gasteiger partial charge in [0.15, 0.2) is 12.4 Å². The van der Waals surface area contributed by atoms with Gasteiger partial charge in [-0.2, -0.15) is 0 Å². The van der Waals surface area contributed by atoms with Gasteiger partial charge in [0.05, 0.1) is 5.69 Å². The molecule has 1 amide bonds. The molecule has 0 aliphatic heterocycles. The maximum absolute atomic E-state index is 13.0. The largest absolute Gasteiger partial charge is 0.484 e. The number of rotatable bonds is 6. The zero-order valence-electron chi connectivity index (χ0n) is 15.5. The molecule has 0 saturated heterocycles. The summed E-state index contributed by atoms with van der Waals surface area (Å²) in [5, 5.41) is 3.93. The molecule has 0 radical (unpaired) electrons. The van der Waals surface area contributed by atoms with Crippen LogP contribution in [0.3, 0.4) is 0 Å². The Balaban J connectivity index is 1.59. The Morgan fingerprint density at radius 1 is 0.967 bits per heavy atom. The summed E-state index contributed by atoms with van der Waals surface area (Å²) in [4.78, 5) is 25.6. The van der Waals surface area contributed by atoms with Crippen LogP contribution in [0, 0.1) is 3.57 Å². The SMILES string of the molecule is O=C(COc1ccc(I)cc1)Nc1c(C(=O)c2ccc(Cl)cc2)oc2ccccc12. The van der Waals surface area contributed by atoms with Gasteiger partial charge in [0, 0.05) is 19.5 Å². The number of anilines is 1. The van der Waals surface area contributed by atoms with Crippen LogP contribution in [0.25, 0.3) is 11.0 Å². The second-order valence-corrected chi connectivity index (χ2v) is 8.11. The molecule has 1 N–H and O–H groups in total. The number of benzene rings is 3. The Morgan fingerprint density at radius 3 is 2.40 bits per heavy atom. The average molecular weight is 532 g/mol. The van der Waals surface area contributed by atoms with Gasteiger partial charge in [-0.25, -0.2) is 0 Å². The van der Waals surface area contributed by atoms with E-state index in [9.17, 15) is 9.59 Å². The zero-order valence-corrected chi connectivity index (χ0v) is 18.4. The molecule has 5 nitrogen and oxygen atoms in total. The van der Waals surface area contributed by atoms with Gasteiger partial charge in [0.2, 0.25) is 5.78 Å². The van der Waals surface area contributed by atoms with Gasteiger partial charge in [0.25, 0.3) is 5.91 Å². The highest BCUT2D eigenvalue weighted by atomic mass is 127. The van der Waals surface area contributed by atoms with Crippen LogP contribution < -0.4 is 10.1 Å². The van der Waals surface area contributed by atoms with Crippen LogP contribution in [-0.4, -0.2) is 18.3 Å². The average Bonchev–Trinajstić information content (AvgIpc) is 3.12. The maximum Gasteiger partial charge on any atom is 0.262 e. The summed E-state index contributed by atoms with van der Waals surface area (Å²) in [5.74, 6) is -0.108. The Labute approximate surface area is 191 Å². The number of ether oxygens (including phenoxy) is 1. The van der Waals surface area contributed by atoms with Crippen LogP contribution in [0.4, 0.5) is 5.69 Å². The first kappa shape index (κ1) is 20.4. The number of para-hydroxylation sites is 1.